The van der Waals surface area contributed by atoms with Crippen LogP contribution in [0.2, 0.25) is 0 Å². The second-order valence-electron chi connectivity index (χ2n) is 6.46. The number of sulfonamides is 1. The van der Waals surface area contributed by atoms with Gasteiger partial charge < -0.3 is 10.1 Å². The molecule has 1 amide bonds. The summed E-state index contributed by atoms with van der Waals surface area (Å²) in [7, 11) is -2.16. The van der Waals surface area contributed by atoms with Crippen LogP contribution >= 0.6 is 0 Å². The molecule has 8 heteroatoms. The van der Waals surface area contributed by atoms with Crippen molar-refractivity contribution in [2.75, 3.05) is 24.2 Å². The lowest BCUT2D eigenvalue weighted by Crippen LogP contribution is -2.48. The zero-order valence-corrected chi connectivity index (χ0v) is 17.0. The Balaban J connectivity index is 1.95. The van der Waals surface area contributed by atoms with Gasteiger partial charge in [0.1, 0.15) is 17.6 Å². The van der Waals surface area contributed by atoms with Gasteiger partial charge >= 0.3 is 0 Å². The van der Waals surface area contributed by atoms with Crippen LogP contribution in [0.1, 0.15) is 18.9 Å². The van der Waals surface area contributed by atoms with Crippen LogP contribution in [0, 0.1) is 5.82 Å². The number of methoxy groups -OCH3 is 1. The van der Waals surface area contributed by atoms with Crippen molar-refractivity contribution >= 4 is 21.6 Å². The van der Waals surface area contributed by atoms with E-state index in [0.717, 1.165) is 34.4 Å². The summed E-state index contributed by atoms with van der Waals surface area (Å²) in [4.78, 5) is 12.5. The summed E-state index contributed by atoms with van der Waals surface area (Å²) in [5, 5.41) is 2.75. The third kappa shape index (κ3) is 5.95. The van der Waals surface area contributed by atoms with E-state index >= 15 is 0 Å². The number of anilines is 1. The number of carbonyl (C=O) groups excluding carboxylic acids is 1. The van der Waals surface area contributed by atoms with Crippen LogP contribution in [-0.4, -0.2) is 40.3 Å². The van der Waals surface area contributed by atoms with Crippen molar-refractivity contribution in [1.29, 1.82) is 0 Å². The zero-order valence-electron chi connectivity index (χ0n) is 16.2. The predicted molar refractivity (Wildman–Crippen MR) is 108 cm³/mol. The van der Waals surface area contributed by atoms with Crippen LogP contribution in [0.25, 0.3) is 0 Å². The highest BCUT2D eigenvalue weighted by molar-refractivity contribution is 7.92. The molecule has 1 atom stereocenters. The lowest BCUT2D eigenvalue weighted by atomic mass is 10.1. The number of nitrogens with one attached hydrogen (secondary N) is 1. The molecule has 0 heterocycles. The standard InChI is InChI=1S/C20H25FN2O4S/c1-15(23(28(3,25)26)18-8-4-7-17(21)14-18)20(24)22-13-5-6-16-9-11-19(27-2)12-10-16/h4,7-12,14-15H,5-6,13H2,1-3H3,(H,22,24)/t15-/m0/s1. The molecule has 6 nitrogen and oxygen atoms in total. The largest absolute Gasteiger partial charge is 0.497 e. The molecule has 0 saturated carbocycles. The number of ether oxygens (including phenoxy) is 1. The molecule has 0 aliphatic heterocycles. The van der Waals surface area contributed by atoms with Crippen LogP contribution < -0.4 is 14.4 Å². The number of halogens is 1. The number of rotatable bonds is 9. The average Bonchev–Trinajstić information content (AvgIpc) is 2.64. The lowest BCUT2D eigenvalue weighted by Gasteiger charge is -2.28. The first kappa shape index (κ1) is 21.7. The molecule has 2 rings (SSSR count). The summed E-state index contributed by atoms with van der Waals surface area (Å²) in [6.45, 7) is 1.88. The van der Waals surface area contributed by atoms with E-state index < -0.39 is 27.8 Å². The van der Waals surface area contributed by atoms with Crippen LogP contribution in [-0.2, 0) is 21.2 Å². The highest BCUT2D eigenvalue weighted by Gasteiger charge is 2.29. The van der Waals surface area contributed by atoms with Crippen molar-refractivity contribution in [3.63, 3.8) is 0 Å². The number of hydrogen-bond donors (Lipinski definition) is 1. The molecule has 0 aliphatic carbocycles. The monoisotopic (exact) mass is 408 g/mol. The number of hydrogen-bond acceptors (Lipinski definition) is 4. The third-order valence-electron chi connectivity index (χ3n) is 4.25. The smallest absolute Gasteiger partial charge is 0.243 e. The number of amides is 1. The fourth-order valence-corrected chi connectivity index (χ4v) is 4.03. The summed E-state index contributed by atoms with van der Waals surface area (Å²) >= 11 is 0. The molecule has 0 fully saturated rings. The summed E-state index contributed by atoms with van der Waals surface area (Å²) in [5.74, 6) is -0.230. The normalized spacial score (nSPS) is 12.3. The van der Waals surface area contributed by atoms with E-state index in [2.05, 4.69) is 5.32 Å². The Kier molecular flexibility index (Phi) is 7.39. The summed E-state index contributed by atoms with van der Waals surface area (Å²) in [6, 6.07) is 11.8. The van der Waals surface area contributed by atoms with Gasteiger partial charge in [-0.15, -0.1) is 0 Å². The molecule has 0 aromatic heterocycles. The van der Waals surface area contributed by atoms with Crippen LogP contribution in [0.5, 0.6) is 5.75 Å². The minimum atomic E-state index is -3.77. The Labute approximate surface area is 165 Å². The summed E-state index contributed by atoms with van der Waals surface area (Å²) in [5.41, 5.74) is 1.23. The molecule has 152 valence electrons. The number of carbonyl (C=O) groups is 1. The minimum Gasteiger partial charge on any atom is -0.497 e. The van der Waals surface area contributed by atoms with Crippen molar-refractivity contribution < 1.29 is 22.3 Å². The molecule has 28 heavy (non-hydrogen) atoms. The highest BCUT2D eigenvalue weighted by atomic mass is 32.2. The molecule has 0 saturated heterocycles. The number of benzene rings is 2. The van der Waals surface area contributed by atoms with Gasteiger partial charge in [-0.05, 0) is 55.7 Å². The molecule has 0 aliphatic rings. The predicted octanol–water partition coefficient (Wildman–Crippen LogP) is 2.74. The van der Waals surface area contributed by atoms with E-state index in [1.807, 2.05) is 24.3 Å². The molecular weight excluding hydrogens is 383 g/mol. The van der Waals surface area contributed by atoms with E-state index in [1.54, 1.807) is 7.11 Å². The maximum Gasteiger partial charge on any atom is 0.243 e. The van der Waals surface area contributed by atoms with Crippen molar-refractivity contribution in [2.24, 2.45) is 0 Å². The molecule has 0 unspecified atom stereocenters. The molecule has 0 spiro atoms. The SMILES string of the molecule is COc1ccc(CCCNC(=O)[C@H](C)N(c2cccc(F)c2)S(C)(=O)=O)cc1. The van der Waals surface area contributed by atoms with Gasteiger partial charge in [0, 0.05) is 6.54 Å². The van der Waals surface area contributed by atoms with Gasteiger partial charge in [0.25, 0.3) is 0 Å². The Morgan fingerprint density at radius 3 is 2.46 bits per heavy atom. The van der Waals surface area contributed by atoms with Crippen LogP contribution in [0.4, 0.5) is 10.1 Å². The van der Waals surface area contributed by atoms with Crippen molar-refractivity contribution in [3.8, 4) is 5.75 Å². The van der Waals surface area contributed by atoms with E-state index in [1.165, 1.54) is 25.1 Å². The van der Waals surface area contributed by atoms with E-state index in [4.69, 9.17) is 4.74 Å². The quantitative estimate of drug-likeness (QED) is 0.648. The Bertz CT molecular complexity index is 901. The second kappa shape index (κ2) is 9.54. The van der Waals surface area contributed by atoms with E-state index in [9.17, 15) is 17.6 Å². The van der Waals surface area contributed by atoms with Crippen LogP contribution in [0.3, 0.4) is 0 Å². The van der Waals surface area contributed by atoms with Gasteiger partial charge in [-0.1, -0.05) is 18.2 Å². The number of nitrogens with zero attached hydrogens (tertiary/aromatic N) is 1. The fourth-order valence-electron chi connectivity index (χ4n) is 2.87. The lowest BCUT2D eigenvalue weighted by molar-refractivity contribution is -0.121. The van der Waals surface area contributed by atoms with Gasteiger partial charge in [-0.25, -0.2) is 12.8 Å². The Morgan fingerprint density at radius 2 is 1.89 bits per heavy atom. The molecule has 0 radical (unpaired) electrons. The molecule has 2 aromatic rings. The van der Waals surface area contributed by atoms with Gasteiger partial charge in [0.2, 0.25) is 15.9 Å². The van der Waals surface area contributed by atoms with Gasteiger partial charge in [0.05, 0.1) is 19.1 Å². The maximum absolute atomic E-state index is 13.5. The van der Waals surface area contributed by atoms with Crippen molar-refractivity contribution in [2.45, 2.75) is 25.8 Å². The first-order chi connectivity index (χ1) is 13.2. The molecule has 2 aromatic carbocycles. The van der Waals surface area contributed by atoms with Crippen molar-refractivity contribution in [1.82, 2.24) is 5.32 Å². The van der Waals surface area contributed by atoms with Gasteiger partial charge in [-0.2, -0.15) is 0 Å². The van der Waals surface area contributed by atoms with E-state index in [0.29, 0.717) is 13.0 Å². The van der Waals surface area contributed by atoms with Gasteiger partial charge in [0.15, 0.2) is 0 Å². The summed E-state index contributed by atoms with van der Waals surface area (Å²) in [6.07, 6.45) is 2.45. The minimum absolute atomic E-state index is 0.114. The Hall–Kier alpha value is -2.61. The number of aryl methyl sites for hydroxylation is 1. The fraction of sp³-hybridized carbons (Fsp3) is 0.350. The van der Waals surface area contributed by atoms with E-state index in [-0.39, 0.29) is 5.69 Å². The van der Waals surface area contributed by atoms with Crippen molar-refractivity contribution in [3.05, 3.63) is 59.9 Å². The maximum atomic E-state index is 13.5. The summed E-state index contributed by atoms with van der Waals surface area (Å²) < 4.78 is 43.9. The molecule has 0 bridgehead atoms. The highest BCUT2D eigenvalue weighted by Crippen LogP contribution is 2.21. The first-order valence-corrected chi connectivity index (χ1v) is 10.7. The van der Waals surface area contributed by atoms with Gasteiger partial charge in [-0.3, -0.25) is 9.10 Å². The Morgan fingerprint density at radius 1 is 1.21 bits per heavy atom. The molecular formula is C20H25FN2O4S. The average molecular weight is 408 g/mol. The second-order valence-corrected chi connectivity index (χ2v) is 8.32. The third-order valence-corrected chi connectivity index (χ3v) is 5.49. The zero-order chi connectivity index (χ0) is 20.7. The first-order valence-electron chi connectivity index (χ1n) is 8.88. The topological polar surface area (TPSA) is 75.7 Å². The molecule has 1 N–H and O–H groups in total. The van der Waals surface area contributed by atoms with Crippen LogP contribution in [0.15, 0.2) is 48.5 Å².